The van der Waals surface area contributed by atoms with Crippen molar-refractivity contribution < 1.29 is 27.5 Å². The number of Topliss-reactive ketones (excluding diaryl/α,β-unsaturated/α-hetero) is 1. The number of esters is 1. The Morgan fingerprint density at radius 3 is 2.39 bits per heavy atom. The highest BCUT2D eigenvalue weighted by molar-refractivity contribution is 7.89. The molecule has 1 aliphatic heterocycles. The Kier molecular flexibility index (Phi) is 7.35. The van der Waals surface area contributed by atoms with Crippen molar-refractivity contribution in [3.63, 3.8) is 0 Å². The molecule has 166 valence electrons. The molecular formula is C22H24ClNO6S. The molecule has 1 saturated heterocycles. The van der Waals surface area contributed by atoms with Crippen LogP contribution in [-0.4, -0.2) is 44.2 Å². The van der Waals surface area contributed by atoms with Crippen LogP contribution in [-0.2, 0) is 21.4 Å². The van der Waals surface area contributed by atoms with Gasteiger partial charge in [-0.15, -0.1) is 0 Å². The minimum Gasteiger partial charge on any atom is -0.493 e. The number of hydrogen-bond donors (Lipinski definition) is 0. The molecule has 0 spiro atoms. The zero-order valence-corrected chi connectivity index (χ0v) is 19.0. The minimum absolute atomic E-state index is 0.0521. The zero-order valence-electron chi connectivity index (χ0n) is 17.4. The summed E-state index contributed by atoms with van der Waals surface area (Å²) in [5, 5.41) is 0.0521. The van der Waals surface area contributed by atoms with Crippen LogP contribution < -0.4 is 4.74 Å². The van der Waals surface area contributed by atoms with E-state index in [1.165, 1.54) is 29.4 Å². The molecule has 0 atom stereocenters. The summed E-state index contributed by atoms with van der Waals surface area (Å²) in [4.78, 5) is 24.2. The third kappa shape index (κ3) is 5.26. The summed E-state index contributed by atoms with van der Waals surface area (Å²) in [6.07, 6.45) is 1.58. The summed E-state index contributed by atoms with van der Waals surface area (Å²) in [5.74, 6) is -0.316. The predicted octanol–water partition coefficient (Wildman–Crippen LogP) is 4.08. The summed E-state index contributed by atoms with van der Waals surface area (Å²) in [6, 6.07) is 8.96. The van der Waals surface area contributed by atoms with Crippen LogP contribution in [0.15, 0.2) is 41.3 Å². The molecule has 2 aromatic carbocycles. The highest BCUT2D eigenvalue weighted by Gasteiger charge is 2.30. The number of hydrogen-bond acceptors (Lipinski definition) is 6. The number of sulfonamides is 1. The fourth-order valence-electron chi connectivity index (χ4n) is 3.33. The van der Waals surface area contributed by atoms with Crippen LogP contribution in [0.1, 0.15) is 53.0 Å². The third-order valence-electron chi connectivity index (χ3n) is 4.98. The Morgan fingerprint density at radius 1 is 1.06 bits per heavy atom. The molecule has 0 aromatic heterocycles. The van der Waals surface area contributed by atoms with Gasteiger partial charge in [0.15, 0.2) is 5.78 Å². The lowest BCUT2D eigenvalue weighted by molar-refractivity contribution is 0.0469. The lowest BCUT2D eigenvalue weighted by atomic mass is 10.1. The number of benzene rings is 2. The van der Waals surface area contributed by atoms with Gasteiger partial charge in [0.2, 0.25) is 10.0 Å². The van der Waals surface area contributed by atoms with Gasteiger partial charge in [-0.05, 0) is 63.1 Å². The van der Waals surface area contributed by atoms with Crippen molar-refractivity contribution in [1.29, 1.82) is 0 Å². The number of nitrogens with zero attached hydrogens (tertiary/aromatic N) is 1. The Morgan fingerprint density at radius 2 is 1.74 bits per heavy atom. The molecule has 0 saturated carbocycles. The SMILES string of the molecule is CCOc1ccc(C(C)=O)cc1COC(=O)c1ccc(Cl)c(S(=O)(=O)N2CCCC2)c1. The summed E-state index contributed by atoms with van der Waals surface area (Å²) in [5.41, 5.74) is 1.09. The molecule has 31 heavy (non-hydrogen) atoms. The van der Waals surface area contributed by atoms with Gasteiger partial charge in [0.05, 0.1) is 17.2 Å². The van der Waals surface area contributed by atoms with Crippen LogP contribution in [0.2, 0.25) is 5.02 Å². The van der Waals surface area contributed by atoms with Crippen LogP contribution >= 0.6 is 11.6 Å². The quantitative estimate of drug-likeness (QED) is 0.431. The molecule has 0 amide bonds. The first-order chi connectivity index (χ1) is 14.7. The third-order valence-corrected chi connectivity index (χ3v) is 7.36. The average Bonchev–Trinajstić information content (AvgIpc) is 3.29. The van der Waals surface area contributed by atoms with Crippen LogP contribution in [0.4, 0.5) is 0 Å². The van der Waals surface area contributed by atoms with Crippen molar-refractivity contribution >= 4 is 33.4 Å². The van der Waals surface area contributed by atoms with Crippen LogP contribution in [0.25, 0.3) is 0 Å². The van der Waals surface area contributed by atoms with Crippen LogP contribution in [0, 0.1) is 0 Å². The highest BCUT2D eigenvalue weighted by atomic mass is 35.5. The normalized spacial score (nSPS) is 14.4. The maximum atomic E-state index is 12.9. The Labute approximate surface area is 187 Å². The highest BCUT2D eigenvalue weighted by Crippen LogP contribution is 2.29. The molecule has 0 radical (unpaired) electrons. The van der Waals surface area contributed by atoms with E-state index in [0.717, 1.165) is 12.8 Å². The van der Waals surface area contributed by atoms with E-state index in [-0.39, 0.29) is 27.9 Å². The minimum atomic E-state index is -3.79. The number of ketones is 1. The number of halogens is 1. The molecule has 0 unspecified atom stereocenters. The molecule has 1 aliphatic rings. The molecule has 1 fully saturated rings. The van der Waals surface area contributed by atoms with E-state index >= 15 is 0 Å². The second-order valence-electron chi connectivity index (χ2n) is 7.14. The predicted molar refractivity (Wildman–Crippen MR) is 116 cm³/mol. The number of ether oxygens (including phenoxy) is 2. The van der Waals surface area contributed by atoms with Crippen molar-refractivity contribution in [1.82, 2.24) is 4.31 Å². The zero-order chi connectivity index (χ0) is 22.6. The second kappa shape index (κ2) is 9.80. The summed E-state index contributed by atoms with van der Waals surface area (Å²) >= 11 is 6.13. The van der Waals surface area contributed by atoms with Gasteiger partial charge in [0.1, 0.15) is 17.3 Å². The molecule has 1 heterocycles. The number of rotatable bonds is 8. The van der Waals surface area contributed by atoms with E-state index in [0.29, 0.717) is 36.6 Å². The Bertz CT molecular complexity index is 1090. The maximum absolute atomic E-state index is 12.9. The molecule has 0 bridgehead atoms. The van der Waals surface area contributed by atoms with Gasteiger partial charge in [0.25, 0.3) is 0 Å². The van der Waals surface area contributed by atoms with Crippen molar-refractivity contribution in [2.75, 3.05) is 19.7 Å². The average molecular weight is 466 g/mol. The fraction of sp³-hybridized carbons (Fsp3) is 0.364. The van der Waals surface area contributed by atoms with E-state index in [9.17, 15) is 18.0 Å². The maximum Gasteiger partial charge on any atom is 0.338 e. The van der Waals surface area contributed by atoms with Gasteiger partial charge in [-0.1, -0.05) is 11.6 Å². The van der Waals surface area contributed by atoms with Gasteiger partial charge in [0, 0.05) is 24.2 Å². The monoisotopic (exact) mass is 465 g/mol. The van der Waals surface area contributed by atoms with Crippen molar-refractivity contribution in [2.24, 2.45) is 0 Å². The van der Waals surface area contributed by atoms with E-state index in [1.807, 2.05) is 6.92 Å². The van der Waals surface area contributed by atoms with Crippen LogP contribution in [0.3, 0.4) is 0 Å². The molecule has 0 N–H and O–H groups in total. The molecule has 2 aromatic rings. The first kappa shape index (κ1) is 23.2. The van der Waals surface area contributed by atoms with Gasteiger partial charge < -0.3 is 9.47 Å². The van der Waals surface area contributed by atoms with Gasteiger partial charge in [-0.3, -0.25) is 4.79 Å². The van der Waals surface area contributed by atoms with Crippen molar-refractivity contribution in [3.8, 4) is 5.75 Å². The van der Waals surface area contributed by atoms with E-state index < -0.39 is 16.0 Å². The fourth-order valence-corrected chi connectivity index (χ4v) is 5.35. The lowest BCUT2D eigenvalue weighted by Gasteiger charge is -2.17. The van der Waals surface area contributed by atoms with Gasteiger partial charge in [-0.2, -0.15) is 4.31 Å². The molecule has 0 aliphatic carbocycles. The summed E-state index contributed by atoms with van der Waals surface area (Å²) in [6.45, 7) is 4.41. The Hall–Kier alpha value is -2.42. The first-order valence-corrected chi connectivity index (χ1v) is 11.8. The standard InChI is InChI=1S/C22H24ClNO6S/c1-3-29-20-9-7-16(15(2)25)12-18(20)14-30-22(26)17-6-8-19(23)21(13-17)31(27,28)24-10-4-5-11-24/h6-9,12-13H,3-5,10-11,14H2,1-2H3. The lowest BCUT2D eigenvalue weighted by Crippen LogP contribution is -2.28. The van der Waals surface area contributed by atoms with E-state index in [1.54, 1.807) is 18.2 Å². The second-order valence-corrected chi connectivity index (χ2v) is 9.46. The molecule has 3 rings (SSSR count). The number of carbonyl (C=O) groups is 2. The largest absolute Gasteiger partial charge is 0.493 e. The van der Waals surface area contributed by atoms with Crippen molar-refractivity contribution in [3.05, 3.63) is 58.1 Å². The number of carbonyl (C=O) groups excluding carboxylic acids is 2. The van der Waals surface area contributed by atoms with E-state index in [4.69, 9.17) is 21.1 Å². The first-order valence-electron chi connectivity index (χ1n) is 9.97. The van der Waals surface area contributed by atoms with E-state index in [2.05, 4.69) is 0 Å². The van der Waals surface area contributed by atoms with Crippen LogP contribution in [0.5, 0.6) is 5.75 Å². The summed E-state index contributed by atoms with van der Waals surface area (Å²) in [7, 11) is -3.79. The molecule has 9 heteroatoms. The van der Waals surface area contributed by atoms with Gasteiger partial charge in [-0.25, -0.2) is 13.2 Å². The molecular weight excluding hydrogens is 442 g/mol. The van der Waals surface area contributed by atoms with Gasteiger partial charge >= 0.3 is 5.97 Å². The summed E-state index contributed by atoms with van der Waals surface area (Å²) < 4.78 is 38.0. The Balaban J connectivity index is 1.82. The molecule has 7 nitrogen and oxygen atoms in total. The topological polar surface area (TPSA) is 90.0 Å². The smallest absolute Gasteiger partial charge is 0.338 e. The van der Waals surface area contributed by atoms with Crippen molar-refractivity contribution in [2.45, 2.75) is 38.2 Å².